The van der Waals surface area contributed by atoms with Crippen LogP contribution in [0.2, 0.25) is 0 Å². The Morgan fingerprint density at radius 3 is 2.96 bits per heavy atom. The van der Waals surface area contributed by atoms with Crippen LogP contribution in [0, 0.1) is 5.41 Å². The monoisotopic (exact) mass is 445 g/mol. The third kappa shape index (κ3) is 3.27. The number of halogens is 1. The molecule has 4 heterocycles. The molecule has 1 amide bonds. The Hall–Kier alpha value is -0.210. The minimum atomic E-state index is -4.49. The second kappa shape index (κ2) is 6.75. The van der Waals surface area contributed by atoms with Gasteiger partial charge in [0.05, 0.1) is 6.61 Å². The van der Waals surface area contributed by atoms with Gasteiger partial charge in [-0.15, -0.1) is 0 Å². The van der Waals surface area contributed by atoms with Crippen LogP contribution in [0.4, 0.5) is 0 Å². The fourth-order valence-electron chi connectivity index (χ4n) is 2.85. The van der Waals surface area contributed by atoms with Crippen molar-refractivity contribution in [1.29, 1.82) is 5.41 Å². The van der Waals surface area contributed by atoms with E-state index in [0.717, 1.165) is 0 Å². The average Bonchev–Trinajstić information content (AvgIpc) is 2.96. The molecule has 12 nitrogen and oxygen atoms in total. The molecule has 0 saturated carbocycles. The number of fused-ring (bicyclic) bond motifs is 2. The summed E-state index contributed by atoms with van der Waals surface area (Å²) in [7, 11) is -4.49. The molecule has 131 valence electrons. The van der Waals surface area contributed by atoms with Crippen LogP contribution in [0.15, 0.2) is 9.98 Å². The Bertz CT molecular complexity index is 749. The van der Waals surface area contributed by atoms with Gasteiger partial charge in [-0.25, -0.2) is 4.99 Å². The largest absolute Gasteiger partial charge is 0.756 e. The van der Waals surface area contributed by atoms with Crippen molar-refractivity contribution in [3.63, 3.8) is 0 Å². The summed E-state index contributed by atoms with van der Waals surface area (Å²) in [6.07, 6.45) is -4.45. The fraction of sp³-hybridized carbons (Fsp3) is 0.600. The normalized spacial score (nSPS) is 42.8. The van der Waals surface area contributed by atoms with Gasteiger partial charge in [-0.2, -0.15) is 4.99 Å². The van der Waals surface area contributed by atoms with Crippen molar-refractivity contribution in [1.82, 2.24) is 10.2 Å². The summed E-state index contributed by atoms with van der Waals surface area (Å²) < 4.78 is 26.5. The first-order valence-corrected chi connectivity index (χ1v) is 9.00. The summed E-state index contributed by atoms with van der Waals surface area (Å²) in [5, 5.41) is 20.2. The van der Waals surface area contributed by atoms with Gasteiger partial charge in [-0.1, -0.05) is 0 Å². The van der Waals surface area contributed by atoms with Crippen LogP contribution >= 0.6 is 23.8 Å². The number of nitrogens with zero attached hydrogens (tertiary/aromatic N) is 3. The first-order valence-electron chi connectivity index (χ1n) is 6.75. The van der Waals surface area contributed by atoms with E-state index >= 15 is 0 Å². The molecule has 0 spiro atoms. The topological polar surface area (TPSA) is 169 Å². The van der Waals surface area contributed by atoms with E-state index in [9.17, 15) is 19.4 Å². The fourth-order valence-corrected chi connectivity index (χ4v) is 4.39. The van der Waals surface area contributed by atoms with E-state index in [-0.39, 0.29) is 52.7 Å². The van der Waals surface area contributed by atoms with Crippen LogP contribution in [0.25, 0.3) is 0 Å². The number of amidine groups is 2. The van der Waals surface area contributed by atoms with Crippen LogP contribution in [0.3, 0.4) is 0 Å². The Kier molecular flexibility index (Phi) is 5.28. The van der Waals surface area contributed by atoms with E-state index in [1.807, 2.05) is 0 Å². The number of guanidine groups is 1. The SMILES string of the molecule is N=C1N=C2C(N=C(Br)N2C2OC3COP(=O)([O-])OC3C2O)C(=O)N1.[Na]. The van der Waals surface area contributed by atoms with Crippen molar-refractivity contribution in [3.05, 3.63) is 0 Å². The van der Waals surface area contributed by atoms with E-state index in [1.54, 1.807) is 0 Å². The van der Waals surface area contributed by atoms with Crippen molar-refractivity contribution in [3.8, 4) is 0 Å². The van der Waals surface area contributed by atoms with E-state index < -0.39 is 44.3 Å². The van der Waals surface area contributed by atoms with E-state index in [4.69, 9.17) is 14.7 Å². The molecule has 3 N–H and O–H groups in total. The number of aliphatic hydroxyl groups excluding tert-OH is 1. The minimum Gasteiger partial charge on any atom is -0.756 e. The molecular formula is C10H10BrN5NaO7P-. The third-order valence-electron chi connectivity index (χ3n) is 3.85. The molecule has 4 rings (SSSR count). The number of carbonyl (C=O) groups excluding carboxylic acids is 1. The van der Waals surface area contributed by atoms with Crippen molar-refractivity contribution < 1.29 is 33.1 Å². The van der Waals surface area contributed by atoms with Gasteiger partial charge in [-0.3, -0.25) is 25.0 Å². The zero-order chi connectivity index (χ0) is 17.2. The zero-order valence-electron chi connectivity index (χ0n) is 12.7. The number of rotatable bonds is 1. The number of hydrogen-bond acceptors (Lipinski definition) is 10. The Labute approximate surface area is 171 Å². The maximum Gasteiger partial charge on any atom is 0.268 e. The molecule has 0 aromatic carbocycles. The number of aliphatic hydroxyl groups is 1. The number of phosphoric ester groups is 1. The number of aliphatic imine (C=N–C) groups is 2. The van der Waals surface area contributed by atoms with Gasteiger partial charge in [0.15, 0.2) is 22.9 Å². The molecule has 0 aliphatic carbocycles. The van der Waals surface area contributed by atoms with Gasteiger partial charge in [0.1, 0.15) is 18.3 Å². The van der Waals surface area contributed by atoms with E-state index in [0.29, 0.717) is 0 Å². The summed E-state index contributed by atoms with van der Waals surface area (Å²) in [6.45, 7) is -0.298. The number of hydrogen-bond donors (Lipinski definition) is 3. The number of nitrogens with one attached hydrogen (secondary N) is 2. The predicted molar refractivity (Wildman–Crippen MR) is 84.1 cm³/mol. The minimum absolute atomic E-state index is 0. The molecule has 6 atom stereocenters. The summed E-state index contributed by atoms with van der Waals surface area (Å²) in [4.78, 5) is 32.6. The molecule has 4 aliphatic heterocycles. The van der Waals surface area contributed by atoms with Crippen molar-refractivity contribution >= 4 is 75.8 Å². The molecule has 6 unspecified atom stereocenters. The molecule has 25 heavy (non-hydrogen) atoms. The second-order valence-corrected chi connectivity index (χ2v) is 7.42. The van der Waals surface area contributed by atoms with E-state index in [1.165, 1.54) is 4.90 Å². The quantitative estimate of drug-likeness (QED) is 0.225. The number of phosphoric acid groups is 1. The molecule has 15 heteroatoms. The van der Waals surface area contributed by atoms with Crippen molar-refractivity contribution in [2.45, 2.75) is 30.6 Å². The van der Waals surface area contributed by atoms with Crippen molar-refractivity contribution in [2.24, 2.45) is 9.98 Å². The van der Waals surface area contributed by atoms with Crippen LogP contribution < -0.4 is 10.2 Å². The molecule has 0 bridgehead atoms. The van der Waals surface area contributed by atoms with Gasteiger partial charge in [0, 0.05) is 29.6 Å². The maximum absolute atomic E-state index is 11.9. The Morgan fingerprint density at radius 2 is 2.24 bits per heavy atom. The Balaban J connectivity index is 0.00000182. The standard InChI is InChI=1S/C10H11BrN5O7P.Na/c11-9-13-3-6(14-10(12)15-7(3)18)16(9)8-4(17)5-2(22-8)1-21-24(19,20)23-5;/h2-5,8,17H,1H2,(H,19,20)(H2,12,15,18);/p-1. The molecule has 0 aromatic heterocycles. The van der Waals surface area contributed by atoms with Gasteiger partial charge in [-0.05, 0) is 15.9 Å². The maximum atomic E-state index is 11.9. The number of carbonyl (C=O) groups is 1. The summed E-state index contributed by atoms with van der Waals surface area (Å²) in [6, 6.07) is -0.991. The van der Waals surface area contributed by atoms with Crippen LogP contribution in [0.5, 0.6) is 0 Å². The molecular weight excluding hydrogens is 436 g/mol. The van der Waals surface area contributed by atoms with Crippen LogP contribution in [0.1, 0.15) is 0 Å². The van der Waals surface area contributed by atoms with Gasteiger partial charge in [0.2, 0.25) is 5.96 Å². The molecule has 4 aliphatic rings. The van der Waals surface area contributed by atoms with Crippen molar-refractivity contribution in [2.75, 3.05) is 6.61 Å². The van der Waals surface area contributed by atoms with Crippen LogP contribution in [-0.4, -0.2) is 99.2 Å². The number of ether oxygens (including phenoxy) is 1. The Morgan fingerprint density at radius 1 is 1.52 bits per heavy atom. The summed E-state index contributed by atoms with van der Waals surface area (Å²) >= 11 is 3.17. The molecule has 2 fully saturated rings. The third-order valence-corrected chi connectivity index (χ3v) is 5.41. The smallest absolute Gasteiger partial charge is 0.268 e. The van der Waals surface area contributed by atoms with Gasteiger partial charge >= 0.3 is 0 Å². The van der Waals surface area contributed by atoms with Crippen LogP contribution in [-0.2, 0) is 23.1 Å². The molecule has 0 aromatic rings. The molecule has 2 saturated heterocycles. The first-order chi connectivity index (χ1) is 11.3. The summed E-state index contributed by atoms with van der Waals surface area (Å²) in [5.41, 5.74) is 0. The van der Waals surface area contributed by atoms with E-state index in [2.05, 4.69) is 35.8 Å². The second-order valence-electron chi connectivity index (χ2n) is 5.35. The zero-order valence-corrected chi connectivity index (χ0v) is 17.1. The number of amides is 1. The van der Waals surface area contributed by atoms with Gasteiger partial charge < -0.3 is 23.8 Å². The predicted octanol–water partition coefficient (Wildman–Crippen LogP) is -2.53. The summed E-state index contributed by atoms with van der Waals surface area (Å²) in [5.74, 6) is -0.829. The molecule has 1 radical (unpaired) electrons. The van der Waals surface area contributed by atoms with Gasteiger partial charge in [0.25, 0.3) is 13.7 Å². The average molecular weight is 446 g/mol. The first kappa shape index (κ1) is 19.5.